The molecule has 1 heterocycles. The van der Waals surface area contributed by atoms with Crippen molar-refractivity contribution in [1.82, 2.24) is 14.5 Å². The van der Waals surface area contributed by atoms with Crippen LogP contribution >= 0.6 is 15.9 Å². The second kappa shape index (κ2) is 6.12. The lowest BCUT2D eigenvalue weighted by molar-refractivity contribution is 0.556. The van der Waals surface area contributed by atoms with E-state index in [-0.39, 0.29) is 12.2 Å². The summed E-state index contributed by atoms with van der Waals surface area (Å²) in [5.41, 5.74) is 6.49. The smallest absolute Gasteiger partial charge is 0.243 e. The summed E-state index contributed by atoms with van der Waals surface area (Å²) in [5.74, 6) is -0.860. The Bertz CT molecular complexity index is 761. The summed E-state index contributed by atoms with van der Waals surface area (Å²) >= 11 is 3.04. The maximum atomic E-state index is 13.8. The molecule has 1 aromatic heterocycles. The molecule has 0 atom stereocenters. The molecule has 6 nitrogen and oxygen atoms in total. The molecule has 0 bridgehead atoms. The predicted octanol–water partition coefficient (Wildman–Crippen LogP) is 1.42. The molecule has 0 aliphatic rings. The van der Waals surface area contributed by atoms with E-state index in [0.717, 1.165) is 17.8 Å². The summed E-state index contributed by atoms with van der Waals surface area (Å²) in [5, 5.41) is 4.13. The number of nitrogens with one attached hydrogen (secondary N) is 1. The van der Waals surface area contributed by atoms with E-state index in [1.165, 1.54) is 0 Å². The van der Waals surface area contributed by atoms with Crippen LogP contribution in [0.3, 0.4) is 0 Å². The van der Waals surface area contributed by atoms with Gasteiger partial charge in [-0.2, -0.15) is 5.10 Å². The van der Waals surface area contributed by atoms with Gasteiger partial charge in [-0.1, -0.05) is 0 Å². The van der Waals surface area contributed by atoms with Crippen molar-refractivity contribution in [3.8, 4) is 0 Å². The Morgan fingerprint density at radius 1 is 1.48 bits per heavy atom. The van der Waals surface area contributed by atoms with Gasteiger partial charge < -0.3 is 5.73 Å². The lowest BCUT2D eigenvalue weighted by atomic mass is 10.3. The Morgan fingerprint density at radius 3 is 2.81 bits per heavy atom. The second-order valence-corrected chi connectivity index (χ2v) is 7.02. The third-order valence-electron chi connectivity index (χ3n) is 2.78. The quantitative estimate of drug-likeness (QED) is 0.772. The predicted molar refractivity (Wildman–Crippen MR) is 80.6 cm³/mol. The number of nitrogens with zero attached hydrogens (tertiary/aromatic N) is 2. The van der Waals surface area contributed by atoms with Crippen LogP contribution in [0.25, 0.3) is 0 Å². The van der Waals surface area contributed by atoms with Crippen molar-refractivity contribution in [3.05, 3.63) is 40.4 Å². The highest BCUT2D eigenvalue weighted by Gasteiger charge is 2.20. The highest BCUT2D eigenvalue weighted by molar-refractivity contribution is 9.10. The topological polar surface area (TPSA) is 90.0 Å². The summed E-state index contributed by atoms with van der Waals surface area (Å²) in [6.07, 6.45) is 2.17. The van der Waals surface area contributed by atoms with E-state index in [4.69, 9.17) is 5.73 Å². The number of hydrogen-bond acceptors (Lipinski definition) is 4. The molecule has 9 heteroatoms. The molecule has 0 amide bonds. The lowest BCUT2D eigenvalue weighted by Crippen LogP contribution is -2.27. The zero-order chi connectivity index (χ0) is 15.6. The number of aryl methyl sites for hydroxylation is 1. The first-order valence-electron chi connectivity index (χ1n) is 6.02. The van der Waals surface area contributed by atoms with Crippen molar-refractivity contribution in [1.29, 1.82) is 0 Å². The molecule has 114 valence electrons. The molecule has 2 rings (SSSR count). The average Bonchev–Trinajstić information content (AvgIpc) is 2.79. The molecule has 0 fully saturated rings. The van der Waals surface area contributed by atoms with Crippen molar-refractivity contribution in [2.24, 2.45) is 7.05 Å². The van der Waals surface area contributed by atoms with Crippen LogP contribution in [0.1, 0.15) is 5.69 Å². The van der Waals surface area contributed by atoms with Gasteiger partial charge in [0.1, 0.15) is 10.7 Å². The standard InChI is InChI=1S/C12H14BrFN4O2S/c1-18-5-3-8(17-18)2-4-16-21(19,20)12-7-11(15)9(13)6-10(12)14/h3,5-7,16H,2,4,15H2,1H3. The Kier molecular flexibility index (Phi) is 4.64. The summed E-state index contributed by atoms with van der Waals surface area (Å²) in [6.45, 7) is 0.120. The van der Waals surface area contributed by atoms with Crippen LogP contribution in [0.5, 0.6) is 0 Å². The zero-order valence-electron chi connectivity index (χ0n) is 11.2. The number of sulfonamides is 1. The first kappa shape index (κ1) is 15.9. The van der Waals surface area contributed by atoms with E-state index in [1.807, 2.05) is 0 Å². The van der Waals surface area contributed by atoms with Crippen LogP contribution in [-0.4, -0.2) is 24.7 Å². The maximum Gasteiger partial charge on any atom is 0.243 e. The summed E-state index contributed by atoms with van der Waals surface area (Å²) in [7, 11) is -2.18. The minimum atomic E-state index is -3.95. The van der Waals surface area contributed by atoms with Gasteiger partial charge in [-0.05, 0) is 34.1 Å². The fourth-order valence-electron chi connectivity index (χ4n) is 1.74. The molecule has 0 aliphatic carbocycles. The molecule has 0 saturated carbocycles. The Morgan fingerprint density at radius 2 is 2.19 bits per heavy atom. The summed E-state index contributed by atoms with van der Waals surface area (Å²) < 4.78 is 42.2. The van der Waals surface area contributed by atoms with Crippen LogP contribution in [0, 0.1) is 5.82 Å². The van der Waals surface area contributed by atoms with E-state index >= 15 is 0 Å². The summed E-state index contributed by atoms with van der Waals surface area (Å²) in [6, 6.07) is 3.90. The van der Waals surface area contributed by atoms with Gasteiger partial charge in [0, 0.05) is 36.4 Å². The summed E-state index contributed by atoms with van der Waals surface area (Å²) in [4.78, 5) is -0.468. The molecule has 21 heavy (non-hydrogen) atoms. The van der Waals surface area contributed by atoms with E-state index in [9.17, 15) is 12.8 Å². The molecule has 0 spiro atoms. The van der Waals surface area contributed by atoms with E-state index in [0.29, 0.717) is 10.9 Å². The molecule has 1 aromatic carbocycles. The van der Waals surface area contributed by atoms with Crippen LogP contribution in [0.4, 0.5) is 10.1 Å². The number of nitrogen functional groups attached to an aromatic ring is 1. The minimum absolute atomic E-state index is 0.120. The van der Waals surface area contributed by atoms with Gasteiger partial charge in [-0.3, -0.25) is 4.68 Å². The number of anilines is 1. The monoisotopic (exact) mass is 376 g/mol. The van der Waals surface area contributed by atoms with Gasteiger partial charge in [-0.15, -0.1) is 0 Å². The van der Waals surface area contributed by atoms with Crippen LogP contribution in [0.2, 0.25) is 0 Å². The van der Waals surface area contributed by atoms with Crippen LogP contribution in [-0.2, 0) is 23.5 Å². The third kappa shape index (κ3) is 3.80. The highest BCUT2D eigenvalue weighted by Crippen LogP contribution is 2.25. The van der Waals surface area contributed by atoms with Crippen molar-refractivity contribution in [2.75, 3.05) is 12.3 Å². The van der Waals surface area contributed by atoms with Gasteiger partial charge in [-0.25, -0.2) is 17.5 Å². The number of rotatable bonds is 5. The van der Waals surface area contributed by atoms with Crippen molar-refractivity contribution < 1.29 is 12.8 Å². The maximum absolute atomic E-state index is 13.8. The number of nitrogens with two attached hydrogens (primary N) is 1. The zero-order valence-corrected chi connectivity index (χ0v) is 13.6. The van der Waals surface area contributed by atoms with Gasteiger partial charge in [0.15, 0.2) is 0 Å². The van der Waals surface area contributed by atoms with Crippen LogP contribution in [0.15, 0.2) is 33.8 Å². The second-order valence-electron chi connectivity index (χ2n) is 4.43. The first-order chi connectivity index (χ1) is 9.79. The molecule has 0 unspecified atom stereocenters. The van der Waals surface area contributed by atoms with Crippen molar-refractivity contribution >= 4 is 31.6 Å². The Hall–Kier alpha value is -1.45. The molecule has 0 radical (unpaired) electrons. The molecule has 2 aromatic rings. The normalized spacial score (nSPS) is 11.8. The van der Waals surface area contributed by atoms with E-state index in [2.05, 4.69) is 25.8 Å². The Balaban J connectivity index is 2.10. The lowest BCUT2D eigenvalue weighted by Gasteiger charge is -2.09. The van der Waals surface area contributed by atoms with Crippen LogP contribution < -0.4 is 10.5 Å². The first-order valence-corrected chi connectivity index (χ1v) is 8.30. The number of hydrogen-bond donors (Lipinski definition) is 2. The molecule has 0 saturated heterocycles. The van der Waals surface area contributed by atoms with E-state index in [1.54, 1.807) is 24.0 Å². The molecular weight excluding hydrogens is 363 g/mol. The number of halogens is 2. The van der Waals surface area contributed by atoms with E-state index < -0.39 is 20.7 Å². The highest BCUT2D eigenvalue weighted by atomic mass is 79.9. The average molecular weight is 377 g/mol. The SMILES string of the molecule is Cn1ccc(CCNS(=O)(=O)c2cc(N)c(Br)cc2F)n1. The number of benzene rings is 1. The number of aromatic nitrogens is 2. The fourth-order valence-corrected chi connectivity index (χ4v) is 3.18. The van der Waals surface area contributed by atoms with Gasteiger partial charge >= 0.3 is 0 Å². The van der Waals surface area contributed by atoms with Gasteiger partial charge in [0.25, 0.3) is 0 Å². The Labute approximate surface area is 130 Å². The molecule has 3 N–H and O–H groups in total. The molecular formula is C12H14BrFN4O2S. The van der Waals surface area contributed by atoms with Crippen molar-refractivity contribution in [2.45, 2.75) is 11.3 Å². The fraction of sp³-hybridized carbons (Fsp3) is 0.250. The van der Waals surface area contributed by atoms with Crippen molar-refractivity contribution in [3.63, 3.8) is 0 Å². The largest absolute Gasteiger partial charge is 0.398 e. The molecule has 0 aliphatic heterocycles. The minimum Gasteiger partial charge on any atom is -0.398 e. The van der Waals surface area contributed by atoms with Gasteiger partial charge in [0.2, 0.25) is 10.0 Å². The van der Waals surface area contributed by atoms with Gasteiger partial charge in [0.05, 0.1) is 5.69 Å². The third-order valence-corrected chi connectivity index (χ3v) is 4.95.